The van der Waals surface area contributed by atoms with E-state index in [4.69, 9.17) is 0 Å². The summed E-state index contributed by atoms with van der Waals surface area (Å²) in [6.07, 6.45) is 1.60. The molecule has 0 unspecified atom stereocenters. The van der Waals surface area contributed by atoms with E-state index in [9.17, 15) is 4.79 Å². The highest BCUT2D eigenvalue weighted by molar-refractivity contribution is 5.99. The lowest BCUT2D eigenvalue weighted by Crippen LogP contribution is -2.23. The normalized spacial score (nSPS) is 9.71. The Kier molecular flexibility index (Phi) is 3.06. The molecule has 4 heteroatoms. The minimum absolute atomic E-state index is 0.0400. The zero-order valence-electron chi connectivity index (χ0n) is 8.96. The number of amides is 1. The van der Waals surface area contributed by atoms with Crippen molar-refractivity contribution in [2.75, 3.05) is 26.5 Å². The SMILES string of the molecule is CNc1cc(C)ncc1C(=O)N(C)C. The van der Waals surface area contributed by atoms with Crippen molar-refractivity contribution in [3.8, 4) is 0 Å². The smallest absolute Gasteiger partial charge is 0.257 e. The maximum absolute atomic E-state index is 11.7. The summed E-state index contributed by atoms with van der Waals surface area (Å²) in [6.45, 7) is 1.89. The highest BCUT2D eigenvalue weighted by Crippen LogP contribution is 2.15. The first-order chi connectivity index (χ1) is 6.56. The van der Waals surface area contributed by atoms with Crippen LogP contribution in [0.2, 0.25) is 0 Å². The van der Waals surface area contributed by atoms with E-state index >= 15 is 0 Å². The molecular weight excluding hydrogens is 178 g/mol. The Morgan fingerprint density at radius 2 is 2.14 bits per heavy atom. The van der Waals surface area contributed by atoms with Gasteiger partial charge in [-0.05, 0) is 13.0 Å². The summed E-state index contributed by atoms with van der Waals surface area (Å²) in [6, 6.07) is 1.86. The highest BCUT2D eigenvalue weighted by Gasteiger charge is 2.12. The summed E-state index contributed by atoms with van der Waals surface area (Å²) in [5.41, 5.74) is 2.31. The lowest BCUT2D eigenvalue weighted by Gasteiger charge is -2.13. The highest BCUT2D eigenvalue weighted by atomic mass is 16.2. The van der Waals surface area contributed by atoms with E-state index in [1.807, 2.05) is 13.0 Å². The standard InChI is InChI=1S/C10H15N3O/c1-7-5-9(11-2)8(6-12-7)10(14)13(3)4/h5-6H,1-4H3,(H,11,12). The van der Waals surface area contributed by atoms with Crippen LogP contribution in [0.1, 0.15) is 16.1 Å². The van der Waals surface area contributed by atoms with Crippen LogP contribution in [0.4, 0.5) is 5.69 Å². The van der Waals surface area contributed by atoms with Crippen LogP contribution >= 0.6 is 0 Å². The van der Waals surface area contributed by atoms with Gasteiger partial charge in [-0.15, -0.1) is 0 Å². The second kappa shape index (κ2) is 4.09. The molecule has 14 heavy (non-hydrogen) atoms. The molecule has 1 rings (SSSR count). The lowest BCUT2D eigenvalue weighted by molar-refractivity contribution is 0.0828. The van der Waals surface area contributed by atoms with Crippen LogP contribution in [0.15, 0.2) is 12.3 Å². The van der Waals surface area contributed by atoms with E-state index in [0.717, 1.165) is 11.4 Å². The number of pyridine rings is 1. The average Bonchev–Trinajstić information content (AvgIpc) is 2.16. The summed E-state index contributed by atoms with van der Waals surface area (Å²) in [4.78, 5) is 17.3. The third-order valence-corrected chi connectivity index (χ3v) is 1.95. The molecule has 1 aromatic heterocycles. The van der Waals surface area contributed by atoms with Gasteiger partial charge in [0, 0.05) is 33.0 Å². The van der Waals surface area contributed by atoms with E-state index in [2.05, 4.69) is 10.3 Å². The van der Waals surface area contributed by atoms with Crippen molar-refractivity contribution in [1.29, 1.82) is 0 Å². The van der Waals surface area contributed by atoms with Gasteiger partial charge in [0.1, 0.15) is 0 Å². The van der Waals surface area contributed by atoms with Gasteiger partial charge in [-0.3, -0.25) is 9.78 Å². The van der Waals surface area contributed by atoms with E-state index < -0.39 is 0 Å². The number of hydrogen-bond acceptors (Lipinski definition) is 3. The van der Waals surface area contributed by atoms with Gasteiger partial charge in [-0.1, -0.05) is 0 Å². The maximum atomic E-state index is 11.7. The molecule has 0 fully saturated rings. The van der Waals surface area contributed by atoms with Crippen molar-refractivity contribution >= 4 is 11.6 Å². The summed E-state index contributed by atoms with van der Waals surface area (Å²) >= 11 is 0. The van der Waals surface area contributed by atoms with Crippen molar-refractivity contribution in [2.45, 2.75) is 6.92 Å². The van der Waals surface area contributed by atoms with Gasteiger partial charge in [0.15, 0.2) is 0 Å². The van der Waals surface area contributed by atoms with Crippen molar-refractivity contribution in [1.82, 2.24) is 9.88 Å². The Bertz CT molecular complexity index is 347. The van der Waals surface area contributed by atoms with Gasteiger partial charge in [-0.2, -0.15) is 0 Å². The Morgan fingerprint density at radius 1 is 1.50 bits per heavy atom. The second-order valence-corrected chi connectivity index (χ2v) is 3.32. The third-order valence-electron chi connectivity index (χ3n) is 1.95. The van der Waals surface area contributed by atoms with Gasteiger partial charge in [0.25, 0.3) is 5.91 Å². The van der Waals surface area contributed by atoms with Gasteiger partial charge in [0.2, 0.25) is 0 Å². The van der Waals surface area contributed by atoms with E-state index in [1.165, 1.54) is 4.90 Å². The summed E-state index contributed by atoms with van der Waals surface area (Å²) in [7, 11) is 5.24. The molecule has 76 valence electrons. The molecule has 4 nitrogen and oxygen atoms in total. The van der Waals surface area contributed by atoms with Gasteiger partial charge < -0.3 is 10.2 Å². The molecule has 1 heterocycles. The number of hydrogen-bond donors (Lipinski definition) is 1. The zero-order chi connectivity index (χ0) is 10.7. The van der Waals surface area contributed by atoms with Crippen LogP contribution < -0.4 is 5.32 Å². The molecule has 0 radical (unpaired) electrons. The molecule has 0 bridgehead atoms. The van der Waals surface area contributed by atoms with Gasteiger partial charge >= 0.3 is 0 Å². The fourth-order valence-electron chi connectivity index (χ4n) is 1.18. The molecule has 1 amide bonds. The number of rotatable bonds is 2. The van der Waals surface area contributed by atoms with E-state index in [1.54, 1.807) is 27.3 Å². The number of anilines is 1. The molecule has 0 saturated heterocycles. The predicted octanol–water partition coefficient (Wildman–Crippen LogP) is 1.13. The van der Waals surface area contributed by atoms with Gasteiger partial charge in [0.05, 0.1) is 11.3 Å². The quantitative estimate of drug-likeness (QED) is 0.766. The number of nitrogens with one attached hydrogen (secondary N) is 1. The largest absolute Gasteiger partial charge is 0.387 e. The van der Waals surface area contributed by atoms with Crippen LogP contribution in [0, 0.1) is 6.92 Å². The van der Waals surface area contributed by atoms with Crippen LogP contribution in [-0.4, -0.2) is 36.9 Å². The monoisotopic (exact) mass is 193 g/mol. The Labute approximate surface area is 83.9 Å². The Morgan fingerprint density at radius 3 is 2.64 bits per heavy atom. The summed E-state index contributed by atoms with van der Waals surface area (Å²) in [5.74, 6) is -0.0400. The van der Waals surface area contributed by atoms with Crippen LogP contribution in [0.5, 0.6) is 0 Å². The Hall–Kier alpha value is -1.58. The number of aryl methyl sites for hydroxylation is 1. The molecule has 0 aliphatic rings. The van der Waals surface area contributed by atoms with Crippen molar-refractivity contribution in [3.63, 3.8) is 0 Å². The first-order valence-corrected chi connectivity index (χ1v) is 4.42. The van der Waals surface area contributed by atoms with Crippen molar-refractivity contribution in [2.24, 2.45) is 0 Å². The molecule has 0 saturated carbocycles. The van der Waals surface area contributed by atoms with Gasteiger partial charge in [-0.25, -0.2) is 0 Å². The molecule has 0 spiro atoms. The number of carbonyl (C=O) groups excluding carboxylic acids is 1. The molecule has 0 aromatic carbocycles. The van der Waals surface area contributed by atoms with Crippen LogP contribution in [0.25, 0.3) is 0 Å². The first-order valence-electron chi connectivity index (χ1n) is 4.42. The maximum Gasteiger partial charge on any atom is 0.257 e. The minimum Gasteiger partial charge on any atom is -0.387 e. The molecule has 1 N–H and O–H groups in total. The van der Waals surface area contributed by atoms with E-state index in [-0.39, 0.29) is 5.91 Å². The third kappa shape index (κ3) is 2.02. The van der Waals surface area contributed by atoms with Crippen LogP contribution in [-0.2, 0) is 0 Å². The van der Waals surface area contributed by atoms with Crippen LogP contribution in [0.3, 0.4) is 0 Å². The summed E-state index contributed by atoms with van der Waals surface area (Å²) in [5, 5.41) is 2.98. The average molecular weight is 193 g/mol. The molecular formula is C10H15N3O. The van der Waals surface area contributed by atoms with E-state index in [0.29, 0.717) is 5.56 Å². The molecule has 0 aliphatic heterocycles. The fourth-order valence-corrected chi connectivity index (χ4v) is 1.18. The van der Waals surface area contributed by atoms with Crippen molar-refractivity contribution in [3.05, 3.63) is 23.5 Å². The first kappa shape index (κ1) is 10.5. The number of nitrogens with zero attached hydrogens (tertiary/aromatic N) is 2. The summed E-state index contributed by atoms with van der Waals surface area (Å²) < 4.78 is 0. The number of carbonyl (C=O) groups is 1. The lowest BCUT2D eigenvalue weighted by atomic mass is 10.2. The minimum atomic E-state index is -0.0400. The molecule has 1 aromatic rings. The number of aromatic nitrogens is 1. The fraction of sp³-hybridized carbons (Fsp3) is 0.400. The topological polar surface area (TPSA) is 45.2 Å². The molecule has 0 atom stereocenters. The predicted molar refractivity (Wildman–Crippen MR) is 56.5 cm³/mol. The molecule has 0 aliphatic carbocycles. The van der Waals surface area contributed by atoms with Crippen molar-refractivity contribution < 1.29 is 4.79 Å². The zero-order valence-corrected chi connectivity index (χ0v) is 8.96. The Balaban J connectivity index is 3.14. The second-order valence-electron chi connectivity index (χ2n) is 3.32.